The number of carbonyl (C=O) groups excluding carboxylic acids is 1. The molecule has 2 heterocycles. The van der Waals surface area contributed by atoms with E-state index >= 15 is 0 Å². The van der Waals surface area contributed by atoms with Crippen molar-refractivity contribution in [3.8, 4) is 0 Å². The van der Waals surface area contributed by atoms with Gasteiger partial charge in [-0.1, -0.05) is 43.2 Å². The summed E-state index contributed by atoms with van der Waals surface area (Å²) in [4.78, 5) is 15.0. The van der Waals surface area contributed by atoms with Crippen molar-refractivity contribution in [2.75, 3.05) is 6.54 Å². The van der Waals surface area contributed by atoms with Gasteiger partial charge < -0.3 is 4.90 Å². The first-order chi connectivity index (χ1) is 11.3. The van der Waals surface area contributed by atoms with Gasteiger partial charge in [0.2, 0.25) is 5.91 Å². The fourth-order valence-corrected chi connectivity index (χ4v) is 4.46. The molecule has 0 bridgehead atoms. The van der Waals surface area contributed by atoms with Gasteiger partial charge >= 0.3 is 0 Å². The topological polar surface area (TPSA) is 38.1 Å². The van der Waals surface area contributed by atoms with Gasteiger partial charge in [-0.3, -0.25) is 9.48 Å². The van der Waals surface area contributed by atoms with E-state index in [1.54, 1.807) is 6.20 Å². The van der Waals surface area contributed by atoms with Crippen molar-refractivity contribution >= 4 is 5.91 Å². The maximum atomic E-state index is 12.8. The van der Waals surface area contributed by atoms with E-state index in [-0.39, 0.29) is 11.4 Å². The second-order valence-electron chi connectivity index (χ2n) is 6.76. The number of amides is 1. The van der Waals surface area contributed by atoms with E-state index in [9.17, 15) is 4.79 Å². The summed E-state index contributed by atoms with van der Waals surface area (Å²) in [6, 6.07) is 12.6. The lowest BCUT2D eigenvalue weighted by atomic mass is 9.61. The first-order valence-electron chi connectivity index (χ1n) is 8.64. The van der Waals surface area contributed by atoms with Gasteiger partial charge in [-0.15, -0.1) is 0 Å². The van der Waals surface area contributed by atoms with Crippen molar-refractivity contribution in [2.24, 2.45) is 5.92 Å². The summed E-state index contributed by atoms with van der Waals surface area (Å²) >= 11 is 0. The monoisotopic (exact) mass is 309 g/mol. The Labute approximate surface area is 137 Å². The molecule has 0 N–H and O–H groups in total. The van der Waals surface area contributed by atoms with E-state index in [0.29, 0.717) is 18.9 Å². The standard InChI is InChI=1S/C19H23N3O/c23-18(10-14-21-13-6-12-20-21)22-15-17-9-4-5-11-19(17,22)16-7-2-1-3-8-16/h1-3,6-8,12-13,17H,4-5,9-11,14-15H2/t17-,19+/m1/s1. The van der Waals surface area contributed by atoms with E-state index < -0.39 is 0 Å². The number of carbonyl (C=O) groups is 1. The molecule has 120 valence electrons. The summed E-state index contributed by atoms with van der Waals surface area (Å²) in [7, 11) is 0. The quantitative estimate of drug-likeness (QED) is 0.870. The predicted molar refractivity (Wildman–Crippen MR) is 88.6 cm³/mol. The van der Waals surface area contributed by atoms with Gasteiger partial charge in [0.15, 0.2) is 0 Å². The average molecular weight is 309 g/mol. The van der Waals surface area contributed by atoms with Gasteiger partial charge in [0.25, 0.3) is 0 Å². The molecule has 2 atom stereocenters. The summed E-state index contributed by atoms with van der Waals surface area (Å²) in [5, 5.41) is 4.19. The number of likely N-dealkylation sites (tertiary alicyclic amines) is 1. The molecular formula is C19H23N3O. The zero-order valence-corrected chi connectivity index (χ0v) is 13.4. The Morgan fingerprint density at radius 1 is 1.22 bits per heavy atom. The minimum atomic E-state index is -0.0410. The minimum absolute atomic E-state index is 0.0410. The summed E-state index contributed by atoms with van der Waals surface area (Å²) in [5.41, 5.74) is 1.28. The van der Waals surface area contributed by atoms with Gasteiger partial charge in [-0.05, 0) is 24.5 Å². The Hall–Kier alpha value is -2.10. The van der Waals surface area contributed by atoms with Crippen LogP contribution in [-0.4, -0.2) is 27.1 Å². The zero-order chi connectivity index (χ0) is 15.7. The molecule has 1 aliphatic carbocycles. The van der Waals surface area contributed by atoms with E-state index in [2.05, 4.69) is 40.3 Å². The molecule has 2 aromatic rings. The Morgan fingerprint density at radius 3 is 2.83 bits per heavy atom. The molecule has 2 aliphatic rings. The maximum absolute atomic E-state index is 12.8. The van der Waals surface area contributed by atoms with Gasteiger partial charge in [0, 0.05) is 37.8 Å². The number of rotatable bonds is 4. The molecule has 0 unspecified atom stereocenters. The van der Waals surface area contributed by atoms with Crippen molar-refractivity contribution < 1.29 is 4.79 Å². The largest absolute Gasteiger partial charge is 0.332 e. The molecular weight excluding hydrogens is 286 g/mol. The molecule has 4 rings (SSSR count). The molecule has 0 spiro atoms. The van der Waals surface area contributed by atoms with Crippen molar-refractivity contribution in [3.63, 3.8) is 0 Å². The summed E-state index contributed by atoms with van der Waals surface area (Å²) < 4.78 is 1.84. The Bertz CT molecular complexity index is 667. The fraction of sp³-hybridized carbons (Fsp3) is 0.474. The number of hydrogen-bond acceptors (Lipinski definition) is 2. The van der Waals surface area contributed by atoms with Crippen molar-refractivity contribution in [2.45, 2.75) is 44.2 Å². The molecule has 4 nitrogen and oxygen atoms in total. The Balaban J connectivity index is 1.54. The van der Waals surface area contributed by atoms with E-state index in [1.807, 2.05) is 16.9 Å². The van der Waals surface area contributed by atoms with Crippen LogP contribution in [0.15, 0.2) is 48.8 Å². The van der Waals surface area contributed by atoms with Crippen LogP contribution in [-0.2, 0) is 16.9 Å². The third-order valence-electron chi connectivity index (χ3n) is 5.61. The molecule has 1 aromatic carbocycles. The lowest BCUT2D eigenvalue weighted by Gasteiger charge is -2.61. The number of hydrogen-bond donors (Lipinski definition) is 0. The molecule has 1 aromatic heterocycles. The number of benzene rings is 1. The highest BCUT2D eigenvalue weighted by molar-refractivity contribution is 5.78. The highest BCUT2D eigenvalue weighted by Crippen LogP contribution is 2.53. The molecule has 1 saturated carbocycles. The van der Waals surface area contributed by atoms with E-state index in [1.165, 1.54) is 24.8 Å². The van der Waals surface area contributed by atoms with Gasteiger partial charge in [-0.2, -0.15) is 5.10 Å². The fourth-order valence-electron chi connectivity index (χ4n) is 4.46. The van der Waals surface area contributed by atoms with Gasteiger partial charge in [0.05, 0.1) is 5.54 Å². The predicted octanol–water partition coefficient (Wildman–Crippen LogP) is 3.20. The lowest BCUT2D eigenvalue weighted by molar-refractivity contribution is -0.167. The van der Waals surface area contributed by atoms with E-state index in [0.717, 1.165) is 13.0 Å². The van der Waals surface area contributed by atoms with Crippen LogP contribution in [0.2, 0.25) is 0 Å². The second-order valence-corrected chi connectivity index (χ2v) is 6.76. The van der Waals surface area contributed by atoms with Crippen LogP contribution in [0.4, 0.5) is 0 Å². The first-order valence-corrected chi connectivity index (χ1v) is 8.64. The first kappa shape index (κ1) is 14.5. The highest BCUT2D eigenvalue weighted by Gasteiger charge is 2.56. The van der Waals surface area contributed by atoms with Crippen LogP contribution in [0.3, 0.4) is 0 Å². The molecule has 1 amide bonds. The number of nitrogens with zero attached hydrogens (tertiary/aromatic N) is 3. The molecule has 1 saturated heterocycles. The van der Waals surface area contributed by atoms with Gasteiger partial charge in [-0.25, -0.2) is 0 Å². The number of aromatic nitrogens is 2. The number of fused-ring (bicyclic) bond motifs is 1. The summed E-state index contributed by atoms with van der Waals surface area (Å²) in [6.07, 6.45) is 9.08. The third-order valence-corrected chi connectivity index (χ3v) is 5.61. The molecule has 23 heavy (non-hydrogen) atoms. The Kier molecular flexibility index (Phi) is 3.68. The molecule has 0 radical (unpaired) electrons. The van der Waals surface area contributed by atoms with Crippen LogP contribution in [0.25, 0.3) is 0 Å². The lowest BCUT2D eigenvalue weighted by Crippen LogP contribution is -2.67. The number of aryl methyl sites for hydroxylation is 1. The molecule has 2 fully saturated rings. The van der Waals surface area contributed by atoms with Crippen LogP contribution in [0.5, 0.6) is 0 Å². The Morgan fingerprint density at radius 2 is 2.09 bits per heavy atom. The maximum Gasteiger partial charge on any atom is 0.225 e. The van der Waals surface area contributed by atoms with Gasteiger partial charge in [0.1, 0.15) is 0 Å². The second kappa shape index (κ2) is 5.84. The van der Waals surface area contributed by atoms with Crippen LogP contribution < -0.4 is 0 Å². The average Bonchev–Trinajstić information content (AvgIpc) is 3.08. The highest BCUT2D eigenvalue weighted by atomic mass is 16.2. The van der Waals surface area contributed by atoms with Crippen LogP contribution in [0, 0.1) is 5.92 Å². The van der Waals surface area contributed by atoms with Crippen molar-refractivity contribution in [1.82, 2.24) is 14.7 Å². The summed E-state index contributed by atoms with van der Waals surface area (Å²) in [6.45, 7) is 1.59. The smallest absolute Gasteiger partial charge is 0.225 e. The minimum Gasteiger partial charge on any atom is -0.332 e. The zero-order valence-electron chi connectivity index (χ0n) is 13.4. The molecule has 4 heteroatoms. The molecule has 1 aliphatic heterocycles. The third kappa shape index (κ3) is 2.37. The normalized spacial score (nSPS) is 26.4. The van der Waals surface area contributed by atoms with Crippen molar-refractivity contribution in [1.29, 1.82) is 0 Å². The SMILES string of the molecule is O=C(CCn1cccn1)N1C[C@H]2CCCC[C@]21c1ccccc1. The van der Waals surface area contributed by atoms with Crippen LogP contribution >= 0.6 is 0 Å². The van der Waals surface area contributed by atoms with Crippen LogP contribution in [0.1, 0.15) is 37.7 Å². The summed E-state index contributed by atoms with van der Waals surface area (Å²) in [5.74, 6) is 0.898. The van der Waals surface area contributed by atoms with Crippen molar-refractivity contribution in [3.05, 3.63) is 54.4 Å². The van der Waals surface area contributed by atoms with E-state index in [4.69, 9.17) is 0 Å².